The molecule has 1 heterocycles. The van der Waals surface area contributed by atoms with Crippen molar-refractivity contribution >= 4 is 40.5 Å². The molecule has 1 aliphatic rings. The topological polar surface area (TPSA) is 104 Å². The molecule has 3 amide bonds. The van der Waals surface area contributed by atoms with Crippen LogP contribution < -0.4 is 5.32 Å². The Hall–Kier alpha value is -2.35. The Bertz CT molecular complexity index is 585. The number of hydrogen-bond acceptors (Lipinski definition) is 5. The fourth-order valence-electron chi connectivity index (χ4n) is 1.65. The monoisotopic (exact) mass is 294 g/mol. The Morgan fingerprint density at radius 2 is 2.00 bits per heavy atom. The zero-order valence-electron chi connectivity index (χ0n) is 10.2. The van der Waals surface area contributed by atoms with Gasteiger partial charge in [-0.05, 0) is 12.1 Å². The summed E-state index contributed by atoms with van der Waals surface area (Å²) in [5, 5.41) is 10.9. The number of amides is 3. The van der Waals surface area contributed by atoms with Crippen molar-refractivity contribution in [2.75, 3.05) is 17.6 Å². The molecule has 1 aliphatic heterocycles. The number of carboxylic acid groups (broad SMARTS) is 1. The zero-order valence-corrected chi connectivity index (χ0v) is 11.0. The summed E-state index contributed by atoms with van der Waals surface area (Å²) in [6.07, 6.45) is 0. The highest BCUT2D eigenvalue weighted by Gasteiger charge is 2.31. The van der Waals surface area contributed by atoms with Gasteiger partial charge >= 0.3 is 5.97 Å². The van der Waals surface area contributed by atoms with Crippen molar-refractivity contribution in [1.29, 1.82) is 0 Å². The van der Waals surface area contributed by atoms with E-state index < -0.39 is 29.6 Å². The molecule has 0 unspecified atom stereocenters. The maximum Gasteiger partial charge on any atom is 0.337 e. The Kier molecular flexibility index (Phi) is 4.04. The van der Waals surface area contributed by atoms with Gasteiger partial charge in [-0.15, -0.1) is 0 Å². The summed E-state index contributed by atoms with van der Waals surface area (Å²) in [7, 11) is 0. The SMILES string of the molecule is O=C(CN1C(=O)CSC1=O)Nc1ccccc1C(=O)O. The number of thioether (sulfide) groups is 1. The highest BCUT2D eigenvalue weighted by atomic mass is 32.2. The molecule has 0 bridgehead atoms. The number of para-hydroxylation sites is 1. The summed E-state index contributed by atoms with van der Waals surface area (Å²) in [5.74, 6) is -2.20. The second kappa shape index (κ2) is 5.74. The number of imide groups is 1. The van der Waals surface area contributed by atoms with E-state index in [9.17, 15) is 19.2 Å². The Labute approximate surface area is 117 Å². The minimum absolute atomic E-state index is 0.0256. The van der Waals surface area contributed by atoms with E-state index in [1.807, 2.05) is 0 Å². The molecule has 1 fully saturated rings. The van der Waals surface area contributed by atoms with Crippen LogP contribution >= 0.6 is 11.8 Å². The molecule has 7 nitrogen and oxygen atoms in total. The van der Waals surface area contributed by atoms with Crippen LogP contribution in [0.5, 0.6) is 0 Å². The van der Waals surface area contributed by atoms with Gasteiger partial charge in [0.15, 0.2) is 0 Å². The van der Waals surface area contributed by atoms with Gasteiger partial charge < -0.3 is 10.4 Å². The lowest BCUT2D eigenvalue weighted by Crippen LogP contribution is -2.36. The summed E-state index contributed by atoms with van der Waals surface area (Å²) in [4.78, 5) is 46.3. The van der Waals surface area contributed by atoms with Gasteiger partial charge in [0.25, 0.3) is 5.24 Å². The van der Waals surface area contributed by atoms with Crippen molar-refractivity contribution in [2.24, 2.45) is 0 Å². The lowest BCUT2D eigenvalue weighted by Gasteiger charge is -2.13. The van der Waals surface area contributed by atoms with Gasteiger partial charge in [0.1, 0.15) is 6.54 Å². The molecule has 1 saturated heterocycles. The molecule has 0 saturated carbocycles. The molecule has 0 atom stereocenters. The second-order valence-corrected chi connectivity index (χ2v) is 4.86. The van der Waals surface area contributed by atoms with Crippen LogP contribution in [0.1, 0.15) is 10.4 Å². The fraction of sp³-hybridized carbons (Fsp3) is 0.167. The van der Waals surface area contributed by atoms with Crippen LogP contribution in [0.2, 0.25) is 0 Å². The number of nitrogens with one attached hydrogen (secondary N) is 1. The van der Waals surface area contributed by atoms with Crippen LogP contribution in [-0.4, -0.2) is 45.3 Å². The third-order valence-corrected chi connectivity index (χ3v) is 3.43. The van der Waals surface area contributed by atoms with E-state index in [2.05, 4.69) is 5.32 Å². The first-order chi connectivity index (χ1) is 9.49. The predicted octanol–water partition coefficient (Wildman–Crippen LogP) is 1.02. The maximum absolute atomic E-state index is 11.8. The van der Waals surface area contributed by atoms with Crippen molar-refractivity contribution in [3.63, 3.8) is 0 Å². The van der Waals surface area contributed by atoms with Crippen LogP contribution in [0.4, 0.5) is 10.5 Å². The van der Waals surface area contributed by atoms with Crippen molar-refractivity contribution < 1.29 is 24.3 Å². The molecular weight excluding hydrogens is 284 g/mol. The maximum atomic E-state index is 11.8. The van der Waals surface area contributed by atoms with E-state index in [1.165, 1.54) is 18.2 Å². The average Bonchev–Trinajstić information content (AvgIpc) is 2.71. The number of carbonyl (C=O) groups is 4. The molecule has 0 spiro atoms. The molecule has 8 heteroatoms. The summed E-state index contributed by atoms with van der Waals surface area (Å²) in [6.45, 7) is -0.418. The van der Waals surface area contributed by atoms with Crippen LogP contribution in [0.25, 0.3) is 0 Å². The van der Waals surface area contributed by atoms with Crippen molar-refractivity contribution in [1.82, 2.24) is 4.90 Å². The van der Waals surface area contributed by atoms with Gasteiger partial charge in [-0.1, -0.05) is 23.9 Å². The lowest BCUT2D eigenvalue weighted by atomic mass is 10.2. The highest BCUT2D eigenvalue weighted by Crippen LogP contribution is 2.19. The van der Waals surface area contributed by atoms with Gasteiger partial charge in [0.05, 0.1) is 17.0 Å². The number of carboxylic acids is 1. The predicted molar refractivity (Wildman–Crippen MR) is 71.6 cm³/mol. The molecule has 1 aromatic carbocycles. The number of hydrogen-bond donors (Lipinski definition) is 2. The van der Waals surface area contributed by atoms with E-state index in [-0.39, 0.29) is 17.0 Å². The van der Waals surface area contributed by atoms with E-state index >= 15 is 0 Å². The Balaban J connectivity index is 2.07. The molecule has 104 valence electrons. The Morgan fingerprint density at radius 3 is 2.60 bits per heavy atom. The molecule has 0 radical (unpaired) electrons. The smallest absolute Gasteiger partial charge is 0.337 e. The van der Waals surface area contributed by atoms with Gasteiger partial charge in [-0.25, -0.2) is 4.79 Å². The lowest BCUT2D eigenvalue weighted by molar-refractivity contribution is -0.128. The fourth-order valence-corrected chi connectivity index (χ4v) is 2.37. The summed E-state index contributed by atoms with van der Waals surface area (Å²) < 4.78 is 0. The molecule has 0 aromatic heterocycles. The summed E-state index contributed by atoms with van der Waals surface area (Å²) in [6, 6.07) is 5.89. The van der Waals surface area contributed by atoms with E-state index in [0.29, 0.717) is 0 Å². The first-order valence-corrected chi connectivity index (χ1v) is 6.57. The third kappa shape index (κ3) is 2.97. The molecular formula is C12H10N2O5S. The highest BCUT2D eigenvalue weighted by molar-refractivity contribution is 8.14. The van der Waals surface area contributed by atoms with Crippen LogP contribution in [-0.2, 0) is 9.59 Å². The zero-order chi connectivity index (χ0) is 14.7. The van der Waals surface area contributed by atoms with Crippen LogP contribution in [0.3, 0.4) is 0 Å². The number of carbonyl (C=O) groups excluding carboxylic acids is 3. The molecule has 2 N–H and O–H groups in total. The molecule has 1 aromatic rings. The minimum atomic E-state index is -1.18. The molecule has 2 rings (SSSR count). The number of rotatable bonds is 4. The molecule has 20 heavy (non-hydrogen) atoms. The summed E-state index contributed by atoms with van der Waals surface area (Å²) in [5.41, 5.74) is 0.0612. The van der Waals surface area contributed by atoms with Crippen molar-refractivity contribution in [3.8, 4) is 0 Å². The van der Waals surface area contributed by atoms with E-state index in [1.54, 1.807) is 6.07 Å². The standard InChI is InChI=1S/C12H10N2O5S/c15-9(5-14-10(16)6-20-12(14)19)13-8-4-2-1-3-7(8)11(17)18/h1-4H,5-6H2,(H,13,15)(H,17,18). The van der Waals surface area contributed by atoms with Gasteiger partial charge in [0.2, 0.25) is 11.8 Å². The quantitative estimate of drug-likeness (QED) is 0.859. The van der Waals surface area contributed by atoms with E-state index in [0.717, 1.165) is 16.7 Å². The number of anilines is 1. The van der Waals surface area contributed by atoms with E-state index in [4.69, 9.17) is 5.11 Å². The Morgan fingerprint density at radius 1 is 1.30 bits per heavy atom. The first kappa shape index (κ1) is 14.1. The molecule has 0 aliphatic carbocycles. The van der Waals surface area contributed by atoms with Crippen LogP contribution in [0, 0.1) is 0 Å². The normalized spacial score (nSPS) is 14.5. The van der Waals surface area contributed by atoms with Gasteiger partial charge in [-0.2, -0.15) is 0 Å². The largest absolute Gasteiger partial charge is 0.478 e. The van der Waals surface area contributed by atoms with Crippen LogP contribution in [0.15, 0.2) is 24.3 Å². The number of aromatic carboxylic acids is 1. The second-order valence-electron chi connectivity index (χ2n) is 3.93. The average molecular weight is 294 g/mol. The third-order valence-electron chi connectivity index (χ3n) is 2.57. The summed E-state index contributed by atoms with van der Waals surface area (Å²) >= 11 is 0.833. The minimum Gasteiger partial charge on any atom is -0.478 e. The first-order valence-electron chi connectivity index (χ1n) is 5.58. The van der Waals surface area contributed by atoms with Crippen molar-refractivity contribution in [2.45, 2.75) is 0 Å². The number of benzene rings is 1. The van der Waals surface area contributed by atoms with Crippen molar-refractivity contribution in [3.05, 3.63) is 29.8 Å². The van der Waals surface area contributed by atoms with Gasteiger partial charge in [0, 0.05) is 0 Å². The van der Waals surface area contributed by atoms with Gasteiger partial charge in [-0.3, -0.25) is 19.3 Å². The number of nitrogens with zero attached hydrogens (tertiary/aromatic N) is 1.